The monoisotopic (exact) mass is 332 g/mol. The van der Waals surface area contributed by atoms with E-state index in [2.05, 4.69) is 33.8 Å². The first-order valence-electron chi connectivity index (χ1n) is 8.84. The lowest BCUT2D eigenvalue weighted by molar-refractivity contribution is 0.0645. The summed E-state index contributed by atoms with van der Waals surface area (Å²) in [5, 5.41) is 1.09. The van der Waals surface area contributed by atoms with Crippen LogP contribution >= 0.6 is 11.8 Å². The van der Waals surface area contributed by atoms with Crippen LogP contribution in [0.15, 0.2) is 17.2 Å². The number of nitrogens with zero attached hydrogens (tertiary/aromatic N) is 2. The number of carbonyl (C=O) groups is 1. The van der Waals surface area contributed by atoms with E-state index in [1.54, 1.807) is 0 Å². The largest absolute Gasteiger partial charge is 0.332 e. The van der Waals surface area contributed by atoms with Crippen molar-refractivity contribution in [1.29, 1.82) is 0 Å². The molecule has 1 aromatic rings. The van der Waals surface area contributed by atoms with Gasteiger partial charge in [-0.1, -0.05) is 19.9 Å². The maximum atomic E-state index is 12.9. The van der Waals surface area contributed by atoms with Crippen LogP contribution < -0.4 is 0 Å². The van der Waals surface area contributed by atoms with Crippen LogP contribution in [0.2, 0.25) is 0 Å². The Bertz CT molecular complexity index is 593. The van der Waals surface area contributed by atoms with Gasteiger partial charge < -0.3 is 4.90 Å². The smallest absolute Gasteiger partial charge is 0.272 e. The van der Waals surface area contributed by atoms with Crippen molar-refractivity contribution in [3.63, 3.8) is 0 Å². The average Bonchev–Trinajstić information content (AvgIpc) is 3.27. The van der Waals surface area contributed by atoms with Crippen LogP contribution in [0.3, 0.4) is 0 Å². The lowest BCUT2D eigenvalue weighted by Crippen LogP contribution is -2.43. The van der Waals surface area contributed by atoms with Crippen molar-refractivity contribution >= 4 is 17.7 Å². The van der Waals surface area contributed by atoms with Crippen molar-refractivity contribution in [2.24, 2.45) is 5.92 Å². The molecule has 1 saturated heterocycles. The summed E-state index contributed by atoms with van der Waals surface area (Å²) in [4.78, 5) is 19.7. The molecular weight excluding hydrogens is 304 g/mol. The third-order valence-corrected chi connectivity index (χ3v) is 6.26. The average molecular weight is 333 g/mol. The molecule has 3 rings (SSSR count). The zero-order chi connectivity index (χ0) is 16.6. The van der Waals surface area contributed by atoms with Gasteiger partial charge in [-0.2, -0.15) is 0 Å². The van der Waals surface area contributed by atoms with Gasteiger partial charge >= 0.3 is 0 Å². The van der Waals surface area contributed by atoms with Gasteiger partial charge in [-0.25, -0.2) is 4.98 Å². The number of aromatic nitrogens is 1. The van der Waals surface area contributed by atoms with E-state index in [0.29, 0.717) is 17.5 Å². The molecule has 0 N–H and O–H groups in total. The summed E-state index contributed by atoms with van der Waals surface area (Å²) in [6.07, 6.45) is 4.70. The minimum Gasteiger partial charge on any atom is -0.332 e. The molecule has 2 aliphatic rings. The van der Waals surface area contributed by atoms with Gasteiger partial charge in [0.15, 0.2) is 0 Å². The highest BCUT2D eigenvalue weighted by Crippen LogP contribution is 2.44. The molecule has 2 fully saturated rings. The molecule has 1 aliphatic heterocycles. The highest BCUT2D eigenvalue weighted by Gasteiger charge is 2.36. The highest BCUT2D eigenvalue weighted by molar-refractivity contribution is 7.99. The van der Waals surface area contributed by atoms with Gasteiger partial charge in [0.05, 0.1) is 0 Å². The summed E-state index contributed by atoms with van der Waals surface area (Å²) < 4.78 is 0. The minimum atomic E-state index is -0.0425. The van der Waals surface area contributed by atoms with Crippen molar-refractivity contribution < 1.29 is 4.79 Å². The standard InChI is InChI=1S/C19H28N2OS/c1-13(2)12-23-17-15(14-6-7-14)8-9-16(20-17)18(22)21-11-5-10-19(21,3)4/h8-9,13-14H,5-7,10-12H2,1-4H3. The maximum Gasteiger partial charge on any atom is 0.272 e. The second-order valence-electron chi connectivity index (χ2n) is 7.94. The summed E-state index contributed by atoms with van der Waals surface area (Å²) in [6.45, 7) is 9.62. The van der Waals surface area contributed by atoms with Gasteiger partial charge in [0.25, 0.3) is 5.91 Å². The molecule has 1 aliphatic carbocycles. The van der Waals surface area contributed by atoms with Crippen molar-refractivity contribution in [1.82, 2.24) is 9.88 Å². The summed E-state index contributed by atoms with van der Waals surface area (Å²) in [6, 6.07) is 4.10. The van der Waals surface area contributed by atoms with E-state index in [0.717, 1.165) is 30.2 Å². The summed E-state index contributed by atoms with van der Waals surface area (Å²) >= 11 is 1.82. The van der Waals surface area contributed by atoms with Crippen molar-refractivity contribution in [2.45, 2.75) is 69.9 Å². The first-order chi connectivity index (χ1) is 10.9. The minimum absolute atomic E-state index is 0.0425. The topological polar surface area (TPSA) is 33.2 Å². The van der Waals surface area contributed by atoms with E-state index in [1.165, 1.54) is 18.4 Å². The Kier molecular flexibility index (Phi) is 4.73. The summed E-state index contributed by atoms with van der Waals surface area (Å²) in [5.74, 6) is 2.45. The van der Waals surface area contributed by atoms with Gasteiger partial charge in [0.2, 0.25) is 0 Å². The quantitative estimate of drug-likeness (QED) is 0.731. The van der Waals surface area contributed by atoms with Crippen LogP contribution in [0.5, 0.6) is 0 Å². The van der Waals surface area contributed by atoms with E-state index in [9.17, 15) is 4.79 Å². The predicted octanol–water partition coefficient (Wildman–Crippen LogP) is 4.72. The van der Waals surface area contributed by atoms with Crippen LogP contribution in [0.1, 0.15) is 75.3 Å². The van der Waals surface area contributed by atoms with E-state index >= 15 is 0 Å². The molecule has 4 heteroatoms. The number of pyridine rings is 1. The number of hydrogen-bond donors (Lipinski definition) is 0. The molecule has 1 saturated carbocycles. The molecule has 0 spiro atoms. The third kappa shape index (κ3) is 3.73. The van der Waals surface area contributed by atoms with E-state index in [-0.39, 0.29) is 11.4 Å². The van der Waals surface area contributed by atoms with Gasteiger partial charge in [-0.05, 0) is 63.0 Å². The van der Waals surface area contributed by atoms with Crippen molar-refractivity contribution in [3.8, 4) is 0 Å². The summed E-state index contributed by atoms with van der Waals surface area (Å²) in [7, 11) is 0. The lowest BCUT2D eigenvalue weighted by atomic mass is 10.0. The Balaban J connectivity index is 1.84. The van der Waals surface area contributed by atoms with Gasteiger partial charge in [-0.3, -0.25) is 4.79 Å². The number of carbonyl (C=O) groups excluding carboxylic acids is 1. The Hall–Kier alpha value is -1.03. The first kappa shape index (κ1) is 16.8. The molecule has 0 aromatic carbocycles. The summed E-state index contributed by atoms with van der Waals surface area (Å²) in [5.41, 5.74) is 1.93. The maximum absolute atomic E-state index is 12.9. The predicted molar refractivity (Wildman–Crippen MR) is 96.1 cm³/mol. The Labute approximate surface area is 144 Å². The Morgan fingerprint density at radius 1 is 1.39 bits per heavy atom. The fourth-order valence-electron chi connectivity index (χ4n) is 3.26. The van der Waals surface area contributed by atoms with Gasteiger partial charge in [-0.15, -0.1) is 11.8 Å². The molecule has 1 amide bonds. The first-order valence-corrected chi connectivity index (χ1v) is 9.83. The highest BCUT2D eigenvalue weighted by atomic mass is 32.2. The third-order valence-electron chi connectivity index (χ3n) is 4.83. The molecule has 23 heavy (non-hydrogen) atoms. The van der Waals surface area contributed by atoms with Gasteiger partial charge in [0, 0.05) is 17.8 Å². The zero-order valence-corrected chi connectivity index (χ0v) is 15.6. The second kappa shape index (κ2) is 6.46. The fraction of sp³-hybridized carbons (Fsp3) is 0.684. The Morgan fingerprint density at radius 2 is 2.13 bits per heavy atom. The van der Waals surface area contributed by atoms with Crippen LogP contribution in [0.4, 0.5) is 0 Å². The van der Waals surface area contributed by atoms with Crippen molar-refractivity contribution in [2.75, 3.05) is 12.3 Å². The normalized spacial score (nSPS) is 20.3. The molecule has 0 unspecified atom stereocenters. The lowest BCUT2D eigenvalue weighted by Gasteiger charge is -2.31. The molecule has 0 radical (unpaired) electrons. The van der Waals surface area contributed by atoms with Crippen LogP contribution in [0.25, 0.3) is 0 Å². The number of likely N-dealkylation sites (tertiary alicyclic amines) is 1. The molecule has 0 atom stereocenters. The molecular formula is C19H28N2OS. The van der Waals surface area contributed by atoms with Gasteiger partial charge in [0.1, 0.15) is 10.7 Å². The zero-order valence-electron chi connectivity index (χ0n) is 14.8. The SMILES string of the molecule is CC(C)CSc1nc(C(=O)N2CCCC2(C)C)ccc1C1CC1. The van der Waals surface area contributed by atoms with E-state index in [1.807, 2.05) is 22.7 Å². The Morgan fingerprint density at radius 3 is 2.70 bits per heavy atom. The fourth-order valence-corrected chi connectivity index (χ4v) is 4.31. The van der Waals surface area contributed by atoms with Crippen LogP contribution in [-0.4, -0.2) is 33.6 Å². The second-order valence-corrected chi connectivity index (χ2v) is 8.95. The molecule has 126 valence electrons. The molecule has 0 bridgehead atoms. The van der Waals surface area contributed by atoms with Crippen LogP contribution in [-0.2, 0) is 0 Å². The number of thioether (sulfide) groups is 1. The molecule has 2 heterocycles. The van der Waals surface area contributed by atoms with E-state index in [4.69, 9.17) is 4.98 Å². The van der Waals surface area contributed by atoms with Crippen molar-refractivity contribution in [3.05, 3.63) is 23.4 Å². The number of amides is 1. The molecule has 3 nitrogen and oxygen atoms in total. The number of hydrogen-bond acceptors (Lipinski definition) is 3. The molecule has 1 aromatic heterocycles. The number of rotatable bonds is 5. The van der Waals surface area contributed by atoms with Crippen LogP contribution in [0, 0.1) is 5.92 Å². The van der Waals surface area contributed by atoms with E-state index < -0.39 is 0 Å².